The van der Waals surface area contributed by atoms with E-state index in [0.29, 0.717) is 12.1 Å². The van der Waals surface area contributed by atoms with Crippen LogP contribution in [0.2, 0.25) is 0 Å². The summed E-state index contributed by atoms with van der Waals surface area (Å²) in [5, 5.41) is 19.0. The van der Waals surface area contributed by atoms with Gasteiger partial charge >= 0.3 is 0 Å². The van der Waals surface area contributed by atoms with Gasteiger partial charge in [0, 0.05) is 13.1 Å². The van der Waals surface area contributed by atoms with Gasteiger partial charge in [0.15, 0.2) is 0 Å². The molecule has 0 aromatic heterocycles. The van der Waals surface area contributed by atoms with Crippen molar-refractivity contribution in [3.63, 3.8) is 0 Å². The van der Waals surface area contributed by atoms with Crippen molar-refractivity contribution in [2.24, 2.45) is 0 Å². The van der Waals surface area contributed by atoms with Crippen molar-refractivity contribution in [3.05, 3.63) is 29.3 Å². The topological polar surface area (TPSA) is 47.3 Å². The number of hydrogen-bond acceptors (Lipinski definition) is 3. The number of rotatable bonds is 4. The number of nitriles is 1. The maximum absolute atomic E-state index is 9.87. The Labute approximate surface area is 103 Å². The van der Waals surface area contributed by atoms with E-state index in [1.165, 1.54) is 0 Å². The van der Waals surface area contributed by atoms with Gasteiger partial charge in [0.05, 0.1) is 16.9 Å². The lowest BCUT2D eigenvalue weighted by Gasteiger charge is -2.30. The summed E-state index contributed by atoms with van der Waals surface area (Å²) in [6.07, 6.45) is 0. The molecule has 0 fully saturated rings. The van der Waals surface area contributed by atoms with Crippen molar-refractivity contribution < 1.29 is 5.11 Å². The minimum absolute atomic E-state index is 0.515. The maximum Gasteiger partial charge on any atom is 0.101 e. The zero-order valence-corrected chi connectivity index (χ0v) is 11.0. The van der Waals surface area contributed by atoms with Crippen LogP contribution in [0.3, 0.4) is 0 Å². The van der Waals surface area contributed by atoms with Crippen molar-refractivity contribution in [1.29, 1.82) is 5.26 Å². The summed E-state index contributed by atoms with van der Waals surface area (Å²) in [6, 6.07) is 8.03. The van der Waals surface area contributed by atoms with Crippen molar-refractivity contribution in [3.8, 4) is 6.07 Å². The van der Waals surface area contributed by atoms with Gasteiger partial charge in [-0.05, 0) is 45.4 Å². The van der Waals surface area contributed by atoms with Crippen LogP contribution >= 0.6 is 0 Å². The third-order valence-corrected chi connectivity index (χ3v) is 2.57. The van der Waals surface area contributed by atoms with Crippen LogP contribution in [0.5, 0.6) is 0 Å². The molecule has 0 bridgehead atoms. The lowest BCUT2D eigenvalue weighted by Crippen LogP contribution is -2.39. The lowest BCUT2D eigenvalue weighted by molar-refractivity contribution is 0.0876. The van der Waals surface area contributed by atoms with Gasteiger partial charge in [-0.25, -0.2) is 0 Å². The molecule has 1 aromatic carbocycles. The van der Waals surface area contributed by atoms with E-state index in [-0.39, 0.29) is 0 Å². The van der Waals surface area contributed by atoms with Crippen LogP contribution in [-0.2, 0) is 0 Å². The molecule has 3 heteroatoms. The van der Waals surface area contributed by atoms with E-state index >= 15 is 0 Å². The molecular weight excluding hydrogens is 212 g/mol. The standard InChI is InChI=1S/C14H20N2O/c1-5-16(10-14(3,4)17)13-7-6-11(2)8-12(13)9-15/h6-8,17H,5,10H2,1-4H3. The number of hydrogen-bond donors (Lipinski definition) is 1. The molecule has 17 heavy (non-hydrogen) atoms. The van der Waals surface area contributed by atoms with Crippen molar-refractivity contribution in [2.75, 3.05) is 18.0 Å². The Balaban J connectivity index is 3.08. The Morgan fingerprint density at radius 2 is 2.06 bits per heavy atom. The van der Waals surface area contributed by atoms with Gasteiger partial charge in [0.2, 0.25) is 0 Å². The smallest absolute Gasteiger partial charge is 0.101 e. The van der Waals surface area contributed by atoms with Crippen molar-refractivity contribution >= 4 is 5.69 Å². The number of aliphatic hydroxyl groups is 1. The largest absolute Gasteiger partial charge is 0.389 e. The fraction of sp³-hybridized carbons (Fsp3) is 0.500. The molecule has 0 amide bonds. The monoisotopic (exact) mass is 232 g/mol. The van der Waals surface area contributed by atoms with E-state index in [9.17, 15) is 5.11 Å². The van der Waals surface area contributed by atoms with Crippen LogP contribution in [0.15, 0.2) is 18.2 Å². The molecule has 1 aromatic rings. The second-order valence-electron chi connectivity index (χ2n) is 4.96. The number of aryl methyl sites for hydroxylation is 1. The molecule has 3 nitrogen and oxygen atoms in total. The molecule has 92 valence electrons. The summed E-state index contributed by atoms with van der Waals surface area (Å²) in [4.78, 5) is 2.03. The predicted molar refractivity (Wildman–Crippen MR) is 70.1 cm³/mol. The number of likely N-dealkylation sites (N-methyl/N-ethyl adjacent to an activating group) is 1. The summed E-state index contributed by atoms with van der Waals surface area (Å²) in [6.45, 7) is 8.82. The highest BCUT2D eigenvalue weighted by Gasteiger charge is 2.19. The maximum atomic E-state index is 9.87. The van der Waals surface area contributed by atoms with Crippen LogP contribution in [0.4, 0.5) is 5.69 Å². The van der Waals surface area contributed by atoms with Gasteiger partial charge in [-0.2, -0.15) is 5.26 Å². The van der Waals surface area contributed by atoms with E-state index in [1.54, 1.807) is 13.8 Å². The van der Waals surface area contributed by atoms with Gasteiger partial charge < -0.3 is 10.0 Å². The molecule has 0 heterocycles. The minimum atomic E-state index is -0.770. The molecule has 1 N–H and O–H groups in total. The molecule has 0 aliphatic rings. The first-order chi connectivity index (χ1) is 7.87. The first kappa shape index (κ1) is 13.5. The first-order valence-electron chi connectivity index (χ1n) is 5.85. The Morgan fingerprint density at radius 1 is 1.41 bits per heavy atom. The molecule has 0 saturated carbocycles. The molecule has 0 aliphatic heterocycles. The normalized spacial score (nSPS) is 11.1. The summed E-state index contributed by atoms with van der Waals surface area (Å²) in [5.41, 5.74) is 1.86. The van der Waals surface area contributed by atoms with Crippen LogP contribution in [-0.4, -0.2) is 23.8 Å². The van der Waals surface area contributed by atoms with Crippen LogP contribution in [0.1, 0.15) is 31.9 Å². The predicted octanol–water partition coefficient (Wildman–Crippen LogP) is 2.46. The zero-order valence-electron chi connectivity index (χ0n) is 11.0. The fourth-order valence-corrected chi connectivity index (χ4v) is 1.85. The van der Waals surface area contributed by atoms with Gasteiger partial charge in [-0.3, -0.25) is 0 Å². The summed E-state index contributed by atoms with van der Waals surface area (Å²) >= 11 is 0. The average molecular weight is 232 g/mol. The second kappa shape index (κ2) is 5.20. The highest BCUT2D eigenvalue weighted by atomic mass is 16.3. The zero-order chi connectivity index (χ0) is 13.1. The molecule has 0 radical (unpaired) electrons. The third kappa shape index (κ3) is 3.76. The Bertz CT molecular complexity index is 427. The van der Waals surface area contributed by atoms with E-state index in [4.69, 9.17) is 5.26 Å². The Morgan fingerprint density at radius 3 is 2.53 bits per heavy atom. The number of nitrogens with zero attached hydrogens (tertiary/aromatic N) is 2. The molecule has 0 spiro atoms. The summed E-state index contributed by atoms with van der Waals surface area (Å²) in [7, 11) is 0. The van der Waals surface area contributed by atoms with Crippen LogP contribution < -0.4 is 4.90 Å². The van der Waals surface area contributed by atoms with Gasteiger partial charge in [0.25, 0.3) is 0 Å². The van der Waals surface area contributed by atoms with E-state index in [2.05, 4.69) is 6.07 Å². The van der Waals surface area contributed by atoms with E-state index in [1.807, 2.05) is 36.9 Å². The second-order valence-corrected chi connectivity index (χ2v) is 4.96. The molecule has 0 atom stereocenters. The highest BCUT2D eigenvalue weighted by Crippen LogP contribution is 2.22. The molecule has 0 saturated heterocycles. The quantitative estimate of drug-likeness (QED) is 0.867. The highest BCUT2D eigenvalue weighted by molar-refractivity contribution is 5.60. The van der Waals surface area contributed by atoms with Gasteiger partial charge in [0.1, 0.15) is 6.07 Å². The van der Waals surface area contributed by atoms with Crippen molar-refractivity contribution in [2.45, 2.75) is 33.3 Å². The third-order valence-electron chi connectivity index (χ3n) is 2.57. The van der Waals surface area contributed by atoms with Crippen LogP contribution in [0, 0.1) is 18.3 Å². The summed E-state index contributed by atoms with van der Waals surface area (Å²) < 4.78 is 0. The SMILES string of the molecule is CCN(CC(C)(C)O)c1ccc(C)cc1C#N. The number of anilines is 1. The van der Waals surface area contributed by atoms with Crippen molar-refractivity contribution in [1.82, 2.24) is 0 Å². The lowest BCUT2D eigenvalue weighted by atomic mass is 10.1. The Kier molecular flexibility index (Phi) is 4.14. The molecule has 0 aliphatic carbocycles. The average Bonchev–Trinajstić information content (AvgIpc) is 2.24. The minimum Gasteiger partial charge on any atom is -0.389 e. The molecule has 1 rings (SSSR count). The van der Waals surface area contributed by atoms with E-state index in [0.717, 1.165) is 17.8 Å². The van der Waals surface area contributed by atoms with E-state index < -0.39 is 5.60 Å². The molecular formula is C14H20N2O. The first-order valence-corrected chi connectivity index (χ1v) is 5.85. The van der Waals surface area contributed by atoms with Gasteiger partial charge in [-0.15, -0.1) is 0 Å². The fourth-order valence-electron chi connectivity index (χ4n) is 1.85. The van der Waals surface area contributed by atoms with Gasteiger partial charge in [-0.1, -0.05) is 6.07 Å². The number of benzene rings is 1. The molecule has 0 unspecified atom stereocenters. The Hall–Kier alpha value is -1.53. The summed E-state index contributed by atoms with van der Waals surface area (Å²) in [5.74, 6) is 0. The van der Waals surface area contributed by atoms with Crippen LogP contribution in [0.25, 0.3) is 0 Å².